The highest BCUT2D eigenvalue weighted by atomic mass is 32.2. The standard InChI is InChI=1S/C26H20FN3O4S/c1-16-6-8-19-5-4-12-28-24(19)25(16)35(32,33)30-22-11-10-21(27)14-20(22)9-7-18-13-17(2)23(29-15-18)26(31)34-3/h4-6,8,10-15,30H,1-3H3. The molecule has 0 saturated heterocycles. The van der Waals surface area contributed by atoms with Crippen LogP contribution in [0.2, 0.25) is 0 Å². The number of nitrogens with one attached hydrogen (secondary N) is 1. The lowest BCUT2D eigenvalue weighted by Crippen LogP contribution is -2.16. The van der Waals surface area contributed by atoms with E-state index in [0.29, 0.717) is 27.6 Å². The summed E-state index contributed by atoms with van der Waals surface area (Å²) in [6, 6.07) is 12.2. The van der Waals surface area contributed by atoms with E-state index in [4.69, 9.17) is 0 Å². The highest BCUT2D eigenvalue weighted by molar-refractivity contribution is 7.93. The maximum Gasteiger partial charge on any atom is 0.356 e. The molecule has 0 unspecified atom stereocenters. The van der Waals surface area contributed by atoms with Crippen LogP contribution < -0.4 is 4.72 Å². The van der Waals surface area contributed by atoms with Gasteiger partial charge in [-0.05, 0) is 55.3 Å². The van der Waals surface area contributed by atoms with Crippen molar-refractivity contribution in [2.75, 3.05) is 11.8 Å². The number of benzene rings is 2. The van der Waals surface area contributed by atoms with E-state index in [0.717, 1.165) is 12.1 Å². The number of esters is 1. The second-order valence-corrected chi connectivity index (χ2v) is 9.33. The summed E-state index contributed by atoms with van der Waals surface area (Å²) < 4.78 is 48.0. The number of anilines is 1. The average Bonchev–Trinajstić information content (AvgIpc) is 2.83. The molecule has 0 atom stereocenters. The first-order chi connectivity index (χ1) is 16.7. The summed E-state index contributed by atoms with van der Waals surface area (Å²) in [5.74, 6) is 4.50. The Morgan fingerprint density at radius 2 is 1.83 bits per heavy atom. The number of nitrogens with zero attached hydrogens (tertiary/aromatic N) is 2. The van der Waals surface area contributed by atoms with Crippen LogP contribution in [0.15, 0.2) is 65.8 Å². The molecule has 2 aromatic carbocycles. The fourth-order valence-corrected chi connectivity index (χ4v) is 5.04. The molecule has 0 aliphatic carbocycles. The van der Waals surface area contributed by atoms with Crippen molar-refractivity contribution < 1.29 is 22.3 Å². The smallest absolute Gasteiger partial charge is 0.356 e. The van der Waals surface area contributed by atoms with E-state index in [1.54, 1.807) is 44.2 Å². The normalized spacial score (nSPS) is 11.0. The largest absolute Gasteiger partial charge is 0.464 e. The zero-order chi connectivity index (χ0) is 25.2. The molecule has 0 aliphatic heterocycles. The third-order valence-electron chi connectivity index (χ3n) is 5.22. The number of pyridine rings is 2. The Morgan fingerprint density at radius 3 is 2.57 bits per heavy atom. The van der Waals surface area contributed by atoms with Crippen LogP contribution in [0.4, 0.5) is 10.1 Å². The Hall–Kier alpha value is -4.29. The van der Waals surface area contributed by atoms with Crippen LogP contribution in [-0.4, -0.2) is 31.5 Å². The SMILES string of the molecule is COC(=O)c1ncc(C#Cc2cc(F)ccc2NS(=O)(=O)c2c(C)ccc3cccnc23)cc1C. The zero-order valence-corrected chi connectivity index (χ0v) is 19.9. The van der Waals surface area contributed by atoms with E-state index in [-0.39, 0.29) is 21.8 Å². The number of halogens is 1. The molecule has 0 spiro atoms. The Kier molecular flexibility index (Phi) is 6.49. The van der Waals surface area contributed by atoms with Gasteiger partial charge in [0.15, 0.2) is 5.69 Å². The molecule has 0 fully saturated rings. The summed E-state index contributed by atoms with van der Waals surface area (Å²) in [5.41, 5.74) is 2.28. The molecule has 2 heterocycles. The van der Waals surface area contributed by atoms with Crippen molar-refractivity contribution in [3.8, 4) is 11.8 Å². The minimum absolute atomic E-state index is 0.0389. The second-order valence-electron chi connectivity index (χ2n) is 7.71. The monoisotopic (exact) mass is 489 g/mol. The zero-order valence-electron chi connectivity index (χ0n) is 19.1. The first kappa shape index (κ1) is 23.9. The second kappa shape index (κ2) is 9.52. The Morgan fingerprint density at radius 1 is 1.03 bits per heavy atom. The van der Waals surface area contributed by atoms with Gasteiger partial charge in [0, 0.05) is 23.3 Å². The van der Waals surface area contributed by atoms with E-state index in [1.165, 1.54) is 25.6 Å². The lowest BCUT2D eigenvalue weighted by molar-refractivity contribution is 0.0593. The summed E-state index contributed by atoms with van der Waals surface area (Å²) in [6.07, 6.45) is 2.91. The first-order valence-corrected chi connectivity index (χ1v) is 11.9. The number of carbonyl (C=O) groups is 1. The average molecular weight is 490 g/mol. The van der Waals surface area contributed by atoms with Gasteiger partial charge in [-0.25, -0.2) is 22.6 Å². The summed E-state index contributed by atoms with van der Waals surface area (Å²) in [4.78, 5) is 20.1. The van der Waals surface area contributed by atoms with Gasteiger partial charge in [0.05, 0.1) is 23.9 Å². The van der Waals surface area contributed by atoms with Gasteiger partial charge in [-0.15, -0.1) is 0 Å². The van der Waals surface area contributed by atoms with Crippen molar-refractivity contribution in [3.05, 3.63) is 94.7 Å². The number of carbonyl (C=O) groups excluding carboxylic acids is 1. The number of hydrogen-bond acceptors (Lipinski definition) is 6. The van der Waals surface area contributed by atoms with E-state index < -0.39 is 21.8 Å². The summed E-state index contributed by atoms with van der Waals surface area (Å²) in [7, 11) is -2.82. The molecule has 0 radical (unpaired) electrons. The van der Waals surface area contributed by atoms with E-state index >= 15 is 0 Å². The lowest BCUT2D eigenvalue weighted by atomic mass is 10.1. The van der Waals surface area contributed by atoms with Crippen LogP contribution in [0.3, 0.4) is 0 Å². The molecule has 35 heavy (non-hydrogen) atoms. The van der Waals surface area contributed by atoms with Crippen LogP contribution >= 0.6 is 0 Å². The number of aryl methyl sites for hydroxylation is 2. The Balaban J connectivity index is 1.73. The number of fused-ring (bicyclic) bond motifs is 1. The molecule has 4 aromatic rings. The minimum Gasteiger partial charge on any atom is -0.464 e. The summed E-state index contributed by atoms with van der Waals surface area (Å²) in [5, 5.41) is 0.677. The predicted octanol–water partition coefficient (Wildman–Crippen LogP) is 4.37. The molecule has 0 saturated carbocycles. The fourth-order valence-electron chi connectivity index (χ4n) is 3.56. The van der Waals surface area contributed by atoms with Crippen molar-refractivity contribution >= 4 is 32.6 Å². The van der Waals surface area contributed by atoms with Crippen molar-refractivity contribution in [3.63, 3.8) is 0 Å². The fraction of sp³-hybridized carbons (Fsp3) is 0.115. The van der Waals surface area contributed by atoms with Gasteiger partial charge in [-0.2, -0.15) is 0 Å². The molecule has 4 rings (SSSR count). The molecule has 1 N–H and O–H groups in total. The van der Waals surface area contributed by atoms with Gasteiger partial charge in [0.25, 0.3) is 10.0 Å². The van der Waals surface area contributed by atoms with Crippen LogP contribution in [0, 0.1) is 31.5 Å². The third kappa shape index (κ3) is 4.98. The van der Waals surface area contributed by atoms with Gasteiger partial charge in [-0.3, -0.25) is 9.71 Å². The number of hydrogen-bond donors (Lipinski definition) is 1. The Bertz CT molecular complexity index is 1640. The van der Waals surface area contributed by atoms with Crippen LogP contribution in [0.5, 0.6) is 0 Å². The number of rotatable bonds is 4. The van der Waals surface area contributed by atoms with Crippen LogP contribution in [0.25, 0.3) is 10.9 Å². The van der Waals surface area contributed by atoms with Crippen LogP contribution in [-0.2, 0) is 14.8 Å². The minimum atomic E-state index is -4.08. The van der Waals surface area contributed by atoms with Crippen molar-refractivity contribution in [2.24, 2.45) is 0 Å². The molecular formula is C26H20FN3O4S. The van der Waals surface area contributed by atoms with Gasteiger partial charge in [0.2, 0.25) is 0 Å². The van der Waals surface area contributed by atoms with Crippen molar-refractivity contribution in [1.82, 2.24) is 9.97 Å². The highest BCUT2D eigenvalue weighted by Gasteiger charge is 2.22. The van der Waals surface area contributed by atoms with Gasteiger partial charge in [0.1, 0.15) is 10.7 Å². The predicted molar refractivity (Wildman–Crippen MR) is 130 cm³/mol. The molecule has 176 valence electrons. The Labute approximate surface area is 202 Å². The maximum absolute atomic E-state index is 14.0. The molecule has 0 bridgehead atoms. The molecule has 7 nitrogen and oxygen atoms in total. The number of aromatic nitrogens is 2. The van der Waals surface area contributed by atoms with E-state index in [1.807, 2.05) is 0 Å². The molecule has 9 heteroatoms. The molecule has 2 aromatic heterocycles. The van der Waals surface area contributed by atoms with E-state index in [9.17, 15) is 17.6 Å². The van der Waals surface area contributed by atoms with Gasteiger partial charge < -0.3 is 4.74 Å². The number of ether oxygens (including phenoxy) is 1. The highest BCUT2D eigenvalue weighted by Crippen LogP contribution is 2.28. The van der Waals surface area contributed by atoms with Crippen molar-refractivity contribution in [1.29, 1.82) is 0 Å². The molecule has 0 aliphatic rings. The van der Waals surface area contributed by atoms with Gasteiger partial charge in [-0.1, -0.05) is 30.0 Å². The lowest BCUT2D eigenvalue weighted by Gasteiger charge is -2.13. The number of methoxy groups -OCH3 is 1. The number of sulfonamides is 1. The van der Waals surface area contributed by atoms with E-state index in [2.05, 4.69) is 31.3 Å². The van der Waals surface area contributed by atoms with Crippen LogP contribution in [0.1, 0.15) is 32.7 Å². The summed E-state index contributed by atoms with van der Waals surface area (Å²) in [6.45, 7) is 3.37. The molecular weight excluding hydrogens is 469 g/mol. The summed E-state index contributed by atoms with van der Waals surface area (Å²) >= 11 is 0. The van der Waals surface area contributed by atoms with Crippen molar-refractivity contribution in [2.45, 2.75) is 18.7 Å². The topological polar surface area (TPSA) is 98.2 Å². The van der Waals surface area contributed by atoms with Gasteiger partial charge >= 0.3 is 5.97 Å². The quantitative estimate of drug-likeness (QED) is 0.338. The first-order valence-electron chi connectivity index (χ1n) is 10.4. The maximum atomic E-state index is 14.0. The molecule has 0 amide bonds. The third-order valence-corrected chi connectivity index (χ3v) is 6.76.